The fraction of sp³-hybridized carbons (Fsp3) is 0.154. The van der Waals surface area contributed by atoms with Crippen LogP contribution in [0.3, 0.4) is 0 Å². The molecule has 0 aliphatic heterocycles. The van der Waals surface area contributed by atoms with Gasteiger partial charge in [-0.15, -0.1) is 0 Å². The molecular formula is C13H12N4S. The van der Waals surface area contributed by atoms with Crippen molar-refractivity contribution in [2.24, 2.45) is 4.99 Å². The maximum Gasteiger partial charge on any atom is 0.215 e. The summed E-state index contributed by atoms with van der Waals surface area (Å²) in [5, 5.41) is 0. The molecule has 3 aromatic rings. The number of hydrogen-bond donors (Lipinski definition) is 0. The fourth-order valence-corrected chi connectivity index (χ4v) is 2.53. The lowest BCUT2D eigenvalue weighted by molar-refractivity contribution is 1.06. The van der Waals surface area contributed by atoms with Crippen LogP contribution in [0.2, 0.25) is 0 Å². The van der Waals surface area contributed by atoms with Gasteiger partial charge in [0.2, 0.25) is 4.80 Å². The molecule has 0 aromatic carbocycles. The van der Waals surface area contributed by atoms with E-state index in [1.807, 2.05) is 48.7 Å². The van der Waals surface area contributed by atoms with E-state index in [2.05, 4.69) is 14.3 Å². The van der Waals surface area contributed by atoms with Crippen LogP contribution in [0.15, 0.2) is 41.7 Å². The highest BCUT2D eigenvalue weighted by molar-refractivity contribution is 7.03. The third-order valence-electron chi connectivity index (χ3n) is 2.77. The van der Waals surface area contributed by atoms with Gasteiger partial charge in [0.15, 0.2) is 11.5 Å². The minimum atomic E-state index is 0.747. The van der Waals surface area contributed by atoms with Crippen LogP contribution in [0.5, 0.6) is 0 Å². The van der Waals surface area contributed by atoms with Gasteiger partial charge in [0, 0.05) is 23.9 Å². The van der Waals surface area contributed by atoms with E-state index in [1.54, 1.807) is 6.20 Å². The summed E-state index contributed by atoms with van der Waals surface area (Å²) in [5.74, 6) is 0.747. The van der Waals surface area contributed by atoms with Crippen molar-refractivity contribution < 1.29 is 0 Å². The molecule has 0 fully saturated rings. The van der Waals surface area contributed by atoms with Crippen molar-refractivity contribution in [2.75, 3.05) is 0 Å². The second kappa shape index (κ2) is 4.34. The molecule has 0 radical (unpaired) electrons. The molecule has 0 saturated carbocycles. The number of nitrogens with zero attached hydrogens (tertiary/aromatic N) is 4. The van der Waals surface area contributed by atoms with Crippen LogP contribution in [0.4, 0.5) is 5.82 Å². The largest absolute Gasteiger partial charge is 0.275 e. The van der Waals surface area contributed by atoms with Gasteiger partial charge in [-0.1, -0.05) is 12.1 Å². The lowest BCUT2D eigenvalue weighted by Gasteiger charge is -1.97. The molecule has 5 heteroatoms. The third-order valence-corrected chi connectivity index (χ3v) is 3.48. The maximum absolute atomic E-state index is 4.58. The topological polar surface area (TPSA) is 42.5 Å². The molecule has 0 aliphatic rings. The Bertz CT molecular complexity index is 770. The second-order valence-corrected chi connectivity index (χ2v) is 4.84. The summed E-state index contributed by atoms with van der Waals surface area (Å²) in [4.78, 5) is 9.70. The average Bonchev–Trinajstić information content (AvgIpc) is 2.77. The molecule has 0 bridgehead atoms. The molecule has 0 saturated heterocycles. The predicted molar refractivity (Wildman–Crippen MR) is 72.0 cm³/mol. The number of rotatable bonds is 1. The molecule has 0 spiro atoms. The Kier molecular flexibility index (Phi) is 2.68. The summed E-state index contributed by atoms with van der Waals surface area (Å²) in [6.45, 7) is 4.05. The van der Waals surface area contributed by atoms with E-state index in [1.165, 1.54) is 11.5 Å². The van der Waals surface area contributed by atoms with Crippen LogP contribution in [0, 0.1) is 13.8 Å². The number of fused-ring (bicyclic) bond motifs is 1. The Labute approximate surface area is 108 Å². The normalized spacial score (nSPS) is 12.2. The van der Waals surface area contributed by atoms with Crippen LogP contribution < -0.4 is 4.80 Å². The first-order valence-electron chi connectivity index (χ1n) is 5.66. The summed E-state index contributed by atoms with van der Waals surface area (Å²) < 4.78 is 6.42. The molecular weight excluding hydrogens is 244 g/mol. The molecule has 90 valence electrons. The first-order valence-corrected chi connectivity index (χ1v) is 6.43. The highest BCUT2D eigenvalue weighted by Crippen LogP contribution is 2.13. The van der Waals surface area contributed by atoms with Gasteiger partial charge in [0.1, 0.15) is 0 Å². The van der Waals surface area contributed by atoms with Crippen molar-refractivity contribution in [2.45, 2.75) is 13.8 Å². The summed E-state index contributed by atoms with van der Waals surface area (Å²) in [7, 11) is 0. The molecule has 0 amide bonds. The van der Waals surface area contributed by atoms with E-state index >= 15 is 0 Å². The zero-order chi connectivity index (χ0) is 12.5. The highest BCUT2D eigenvalue weighted by Gasteiger charge is 2.02. The quantitative estimate of drug-likeness (QED) is 0.671. The molecule has 0 aliphatic carbocycles. The molecule has 4 nitrogen and oxygen atoms in total. The van der Waals surface area contributed by atoms with Crippen LogP contribution >= 0.6 is 11.5 Å². The van der Waals surface area contributed by atoms with Crippen molar-refractivity contribution >= 4 is 23.0 Å². The van der Waals surface area contributed by atoms with E-state index in [4.69, 9.17) is 0 Å². The van der Waals surface area contributed by atoms with E-state index in [0.717, 1.165) is 27.4 Å². The Balaban J connectivity index is 2.27. The average molecular weight is 256 g/mol. The third kappa shape index (κ3) is 1.82. The molecule has 0 unspecified atom stereocenters. The van der Waals surface area contributed by atoms with Gasteiger partial charge in [0.25, 0.3) is 0 Å². The van der Waals surface area contributed by atoms with Gasteiger partial charge in [-0.05, 0) is 37.1 Å². The van der Waals surface area contributed by atoms with Gasteiger partial charge in [0.05, 0.1) is 0 Å². The first-order chi connectivity index (χ1) is 8.75. The first kappa shape index (κ1) is 11.1. The minimum Gasteiger partial charge on any atom is -0.275 e. The van der Waals surface area contributed by atoms with Gasteiger partial charge < -0.3 is 0 Å². The molecule has 3 aromatic heterocycles. The molecule has 0 N–H and O–H groups in total. The van der Waals surface area contributed by atoms with Crippen molar-refractivity contribution in [1.82, 2.24) is 13.8 Å². The van der Waals surface area contributed by atoms with Crippen molar-refractivity contribution in [3.05, 3.63) is 52.6 Å². The Hall–Kier alpha value is -2.01. The molecule has 3 heterocycles. The number of pyridine rings is 2. The summed E-state index contributed by atoms with van der Waals surface area (Å²) in [5.41, 5.74) is 3.16. The smallest absolute Gasteiger partial charge is 0.215 e. The van der Waals surface area contributed by atoms with E-state index < -0.39 is 0 Å². The zero-order valence-corrected chi connectivity index (χ0v) is 11.0. The van der Waals surface area contributed by atoms with Crippen molar-refractivity contribution in [3.8, 4) is 0 Å². The zero-order valence-electron chi connectivity index (χ0n) is 10.2. The van der Waals surface area contributed by atoms with Crippen LogP contribution in [-0.4, -0.2) is 13.8 Å². The van der Waals surface area contributed by atoms with Gasteiger partial charge >= 0.3 is 0 Å². The lowest BCUT2D eigenvalue weighted by atomic mass is 10.3. The van der Waals surface area contributed by atoms with Crippen molar-refractivity contribution in [1.29, 1.82) is 0 Å². The highest BCUT2D eigenvalue weighted by atomic mass is 32.1. The molecule has 3 rings (SSSR count). The maximum atomic E-state index is 4.58. The summed E-state index contributed by atoms with van der Waals surface area (Å²) >= 11 is 1.39. The number of aromatic nitrogens is 3. The Morgan fingerprint density at radius 3 is 2.83 bits per heavy atom. The second-order valence-electron chi connectivity index (χ2n) is 4.11. The standard InChI is InChI=1S/C13H12N4S/c1-9-5-3-7-14-11(9)15-13-17-8-4-6-10(2)12(17)16-18-13/h3-8H,1-2H3/b15-13-. The monoisotopic (exact) mass is 256 g/mol. The van der Waals surface area contributed by atoms with E-state index in [0.29, 0.717) is 0 Å². The van der Waals surface area contributed by atoms with Gasteiger partial charge in [-0.2, -0.15) is 9.37 Å². The lowest BCUT2D eigenvalue weighted by Crippen LogP contribution is -2.06. The Morgan fingerprint density at radius 1 is 1.17 bits per heavy atom. The predicted octanol–water partition coefficient (Wildman–Crippen LogP) is 2.64. The summed E-state index contributed by atoms with van der Waals surface area (Å²) in [6, 6.07) is 7.97. The van der Waals surface area contributed by atoms with Crippen LogP contribution in [0.1, 0.15) is 11.1 Å². The molecule has 18 heavy (non-hydrogen) atoms. The number of aryl methyl sites for hydroxylation is 2. The van der Waals surface area contributed by atoms with E-state index in [9.17, 15) is 0 Å². The SMILES string of the molecule is Cc1cccnc1/N=c1\snc2c(C)cccn12. The Morgan fingerprint density at radius 2 is 2.00 bits per heavy atom. The summed E-state index contributed by atoms with van der Waals surface area (Å²) in [6.07, 6.45) is 3.73. The van der Waals surface area contributed by atoms with Crippen LogP contribution in [0.25, 0.3) is 5.65 Å². The van der Waals surface area contributed by atoms with Gasteiger partial charge in [-0.25, -0.2) is 4.98 Å². The molecule has 0 atom stereocenters. The minimum absolute atomic E-state index is 0.747. The van der Waals surface area contributed by atoms with Gasteiger partial charge in [-0.3, -0.25) is 4.40 Å². The van der Waals surface area contributed by atoms with Crippen molar-refractivity contribution in [3.63, 3.8) is 0 Å². The van der Waals surface area contributed by atoms with E-state index in [-0.39, 0.29) is 0 Å². The van der Waals surface area contributed by atoms with Crippen LogP contribution in [-0.2, 0) is 0 Å². The number of hydrogen-bond acceptors (Lipinski definition) is 4. The fourth-order valence-electron chi connectivity index (χ4n) is 1.77.